The largest absolute Gasteiger partial charge is 0.382 e. The van der Waals surface area contributed by atoms with Crippen LogP contribution in [-0.4, -0.2) is 25.8 Å². The molecule has 1 rings (SSSR count). The molecule has 1 aromatic rings. The van der Waals surface area contributed by atoms with Crippen LogP contribution in [0.4, 0.5) is 4.39 Å². The Hall–Kier alpha value is -0.450. The van der Waals surface area contributed by atoms with Gasteiger partial charge in [-0.05, 0) is 62.9 Å². The van der Waals surface area contributed by atoms with Gasteiger partial charge in [0.2, 0.25) is 0 Å². The van der Waals surface area contributed by atoms with Gasteiger partial charge in [0, 0.05) is 17.6 Å². The molecule has 114 valence electrons. The molecule has 0 heterocycles. The van der Waals surface area contributed by atoms with Crippen LogP contribution in [0.25, 0.3) is 0 Å². The molecule has 0 saturated heterocycles. The van der Waals surface area contributed by atoms with Crippen LogP contribution in [0, 0.1) is 5.82 Å². The van der Waals surface area contributed by atoms with Crippen molar-refractivity contribution in [2.75, 3.05) is 13.7 Å². The molecule has 0 fully saturated rings. The van der Waals surface area contributed by atoms with E-state index in [1.54, 1.807) is 13.2 Å². The maximum absolute atomic E-state index is 13.8. The van der Waals surface area contributed by atoms with Crippen molar-refractivity contribution in [2.24, 2.45) is 0 Å². The molecule has 0 aromatic heterocycles. The molecule has 0 aliphatic heterocycles. The number of nitrogens with one attached hydrogen (secondary N) is 1. The summed E-state index contributed by atoms with van der Waals surface area (Å²) in [4.78, 5) is 0. The zero-order valence-electron chi connectivity index (χ0n) is 12.6. The van der Waals surface area contributed by atoms with E-state index in [9.17, 15) is 4.39 Å². The predicted molar refractivity (Wildman–Crippen MR) is 85.6 cm³/mol. The minimum atomic E-state index is -0.128. The van der Waals surface area contributed by atoms with E-state index >= 15 is 0 Å². The second-order valence-corrected chi connectivity index (χ2v) is 6.13. The minimum Gasteiger partial charge on any atom is -0.382 e. The molecular formula is C16H25BrFNO. The molecule has 2 atom stereocenters. The van der Waals surface area contributed by atoms with Gasteiger partial charge < -0.3 is 10.1 Å². The maximum Gasteiger partial charge on any atom is 0.126 e. The number of methoxy groups -OCH3 is 1. The highest BCUT2D eigenvalue weighted by molar-refractivity contribution is 9.10. The molecule has 0 bridgehead atoms. The molecule has 20 heavy (non-hydrogen) atoms. The Morgan fingerprint density at radius 3 is 2.75 bits per heavy atom. The SMILES string of the molecule is CCCNC(CCC(C)OC)Cc1cc(Br)ccc1F. The van der Waals surface area contributed by atoms with Crippen molar-refractivity contribution in [3.8, 4) is 0 Å². The summed E-state index contributed by atoms with van der Waals surface area (Å²) < 4.78 is 20.1. The number of hydrogen-bond acceptors (Lipinski definition) is 2. The first kappa shape index (κ1) is 17.6. The quantitative estimate of drug-likeness (QED) is 0.719. The molecule has 0 spiro atoms. The van der Waals surface area contributed by atoms with Gasteiger partial charge in [0.25, 0.3) is 0 Å². The van der Waals surface area contributed by atoms with Gasteiger partial charge in [-0.3, -0.25) is 0 Å². The first-order chi connectivity index (χ1) is 9.56. The average Bonchev–Trinajstić information content (AvgIpc) is 2.45. The van der Waals surface area contributed by atoms with Crippen molar-refractivity contribution in [1.29, 1.82) is 0 Å². The molecule has 0 amide bonds. The maximum atomic E-state index is 13.8. The van der Waals surface area contributed by atoms with Gasteiger partial charge >= 0.3 is 0 Å². The van der Waals surface area contributed by atoms with Crippen molar-refractivity contribution >= 4 is 15.9 Å². The second-order valence-electron chi connectivity index (χ2n) is 5.21. The molecule has 0 radical (unpaired) electrons. The highest BCUT2D eigenvalue weighted by atomic mass is 79.9. The van der Waals surface area contributed by atoms with Crippen molar-refractivity contribution < 1.29 is 9.13 Å². The molecule has 4 heteroatoms. The normalized spacial score (nSPS) is 14.2. The first-order valence-electron chi connectivity index (χ1n) is 7.26. The smallest absolute Gasteiger partial charge is 0.126 e. The van der Waals surface area contributed by atoms with E-state index in [4.69, 9.17) is 4.74 Å². The van der Waals surface area contributed by atoms with Gasteiger partial charge in [0.05, 0.1) is 6.10 Å². The lowest BCUT2D eigenvalue weighted by Crippen LogP contribution is -2.33. The van der Waals surface area contributed by atoms with Crippen LogP contribution in [0.15, 0.2) is 22.7 Å². The average molecular weight is 346 g/mol. The van der Waals surface area contributed by atoms with Crippen LogP contribution >= 0.6 is 15.9 Å². The van der Waals surface area contributed by atoms with E-state index in [1.807, 2.05) is 6.07 Å². The molecule has 0 saturated carbocycles. The van der Waals surface area contributed by atoms with Gasteiger partial charge in [0.1, 0.15) is 5.82 Å². The molecule has 1 aromatic carbocycles. The van der Waals surface area contributed by atoms with Crippen LogP contribution < -0.4 is 5.32 Å². The summed E-state index contributed by atoms with van der Waals surface area (Å²) in [6.45, 7) is 5.17. The van der Waals surface area contributed by atoms with E-state index < -0.39 is 0 Å². The molecule has 0 aliphatic rings. The van der Waals surface area contributed by atoms with Crippen molar-refractivity contribution in [2.45, 2.75) is 51.7 Å². The van der Waals surface area contributed by atoms with E-state index in [0.717, 1.165) is 35.8 Å². The highest BCUT2D eigenvalue weighted by Crippen LogP contribution is 2.18. The fraction of sp³-hybridized carbons (Fsp3) is 0.625. The zero-order chi connectivity index (χ0) is 15.0. The Balaban J connectivity index is 2.65. The minimum absolute atomic E-state index is 0.128. The molecule has 2 nitrogen and oxygen atoms in total. The Bertz CT molecular complexity index is 400. The lowest BCUT2D eigenvalue weighted by Gasteiger charge is -2.20. The molecular weight excluding hydrogens is 321 g/mol. The van der Waals surface area contributed by atoms with Crippen LogP contribution in [0.2, 0.25) is 0 Å². The third kappa shape index (κ3) is 6.33. The van der Waals surface area contributed by atoms with Crippen molar-refractivity contribution in [3.63, 3.8) is 0 Å². The lowest BCUT2D eigenvalue weighted by atomic mass is 10.00. The third-order valence-corrected chi connectivity index (χ3v) is 3.97. The van der Waals surface area contributed by atoms with Crippen LogP contribution in [0.3, 0.4) is 0 Å². The van der Waals surface area contributed by atoms with Gasteiger partial charge in [-0.1, -0.05) is 22.9 Å². The topological polar surface area (TPSA) is 21.3 Å². The van der Waals surface area contributed by atoms with Gasteiger partial charge in [-0.25, -0.2) is 4.39 Å². The molecule has 1 N–H and O–H groups in total. The Morgan fingerprint density at radius 2 is 2.10 bits per heavy atom. The number of rotatable bonds is 9. The third-order valence-electron chi connectivity index (χ3n) is 3.48. The monoisotopic (exact) mass is 345 g/mol. The number of halogens is 2. The van der Waals surface area contributed by atoms with Crippen LogP contribution in [-0.2, 0) is 11.2 Å². The number of hydrogen-bond donors (Lipinski definition) is 1. The van der Waals surface area contributed by atoms with E-state index in [2.05, 4.69) is 35.1 Å². The van der Waals surface area contributed by atoms with E-state index in [1.165, 1.54) is 6.07 Å². The van der Waals surface area contributed by atoms with Crippen LogP contribution in [0.1, 0.15) is 38.7 Å². The second kappa shape index (κ2) is 9.48. The standard InChI is InChI=1S/C16H25BrFNO/c1-4-9-19-15(7-5-12(2)20-3)11-13-10-14(17)6-8-16(13)18/h6,8,10,12,15,19H,4-5,7,9,11H2,1-3H3. The molecule has 2 unspecified atom stereocenters. The Kier molecular flexibility index (Phi) is 8.34. The van der Waals surface area contributed by atoms with E-state index in [-0.39, 0.29) is 18.0 Å². The van der Waals surface area contributed by atoms with Crippen molar-refractivity contribution in [3.05, 3.63) is 34.1 Å². The summed E-state index contributed by atoms with van der Waals surface area (Å²) in [5.41, 5.74) is 0.762. The van der Waals surface area contributed by atoms with Crippen molar-refractivity contribution in [1.82, 2.24) is 5.32 Å². The summed E-state index contributed by atoms with van der Waals surface area (Å²) in [5, 5.41) is 3.51. The summed E-state index contributed by atoms with van der Waals surface area (Å²) >= 11 is 3.41. The van der Waals surface area contributed by atoms with Gasteiger partial charge in [-0.15, -0.1) is 0 Å². The summed E-state index contributed by atoms with van der Waals surface area (Å²) in [5.74, 6) is -0.128. The number of ether oxygens (including phenoxy) is 1. The first-order valence-corrected chi connectivity index (χ1v) is 8.06. The fourth-order valence-electron chi connectivity index (χ4n) is 2.14. The fourth-order valence-corrected chi connectivity index (χ4v) is 2.55. The molecule has 0 aliphatic carbocycles. The van der Waals surface area contributed by atoms with Gasteiger partial charge in [-0.2, -0.15) is 0 Å². The summed E-state index contributed by atoms with van der Waals surface area (Å²) in [6.07, 6.45) is 4.00. The van der Waals surface area contributed by atoms with Crippen LogP contribution in [0.5, 0.6) is 0 Å². The number of benzene rings is 1. The highest BCUT2D eigenvalue weighted by Gasteiger charge is 2.13. The Labute approximate surface area is 130 Å². The van der Waals surface area contributed by atoms with Gasteiger partial charge in [0.15, 0.2) is 0 Å². The lowest BCUT2D eigenvalue weighted by molar-refractivity contribution is 0.106. The predicted octanol–water partition coefficient (Wildman–Crippen LogP) is 4.31. The summed E-state index contributed by atoms with van der Waals surface area (Å²) in [6, 6.07) is 5.42. The summed E-state index contributed by atoms with van der Waals surface area (Å²) in [7, 11) is 1.73. The van der Waals surface area contributed by atoms with E-state index in [0.29, 0.717) is 6.42 Å². The zero-order valence-corrected chi connectivity index (χ0v) is 14.2. The Morgan fingerprint density at radius 1 is 1.35 bits per heavy atom.